The van der Waals surface area contributed by atoms with Gasteiger partial charge in [0.25, 0.3) is 0 Å². The van der Waals surface area contributed by atoms with Crippen LogP contribution >= 0.6 is 7.37 Å². The van der Waals surface area contributed by atoms with Crippen molar-refractivity contribution >= 4 is 7.37 Å². The molecule has 0 spiro atoms. The van der Waals surface area contributed by atoms with Crippen molar-refractivity contribution in [1.82, 2.24) is 0 Å². The van der Waals surface area contributed by atoms with Crippen LogP contribution in [0.5, 0.6) is 0 Å². The van der Waals surface area contributed by atoms with Gasteiger partial charge in [-0.15, -0.1) is 0 Å². The van der Waals surface area contributed by atoms with Crippen LogP contribution in [0, 0.1) is 5.92 Å². The van der Waals surface area contributed by atoms with Gasteiger partial charge >= 0.3 is 0 Å². The Morgan fingerprint density at radius 2 is 1.83 bits per heavy atom. The molecular formula is C9H19O2P. The molecule has 2 unspecified atom stereocenters. The lowest BCUT2D eigenvalue weighted by atomic mass is 9.87. The van der Waals surface area contributed by atoms with Gasteiger partial charge in [0.2, 0.25) is 7.37 Å². The van der Waals surface area contributed by atoms with Crippen LogP contribution in [-0.4, -0.2) is 17.2 Å². The van der Waals surface area contributed by atoms with E-state index in [1.54, 1.807) is 0 Å². The van der Waals surface area contributed by atoms with Crippen molar-refractivity contribution in [3.8, 4) is 0 Å². The SMILES string of the molecule is CC(C1CCCCC1)P(C)(=O)O. The molecule has 0 amide bonds. The summed E-state index contributed by atoms with van der Waals surface area (Å²) in [5.74, 6) is 0.500. The Labute approximate surface area is 74.8 Å². The van der Waals surface area contributed by atoms with E-state index in [9.17, 15) is 9.46 Å². The maximum absolute atomic E-state index is 11.4. The first-order valence-corrected chi connectivity index (χ1v) is 6.99. The first-order valence-electron chi connectivity index (χ1n) is 4.82. The summed E-state index contributed by atoms with van der Waals surface area (Å²) in [4.78, 5) is 9.39. The van der Waals surface area contributed by atoms with Crippen LogP contribution in [-0.2, 0) is 4.57 Å². The Hall–Kier alpha value is 0.190. The fourth-order valence-corrected chi connectivity index (χ4v) is 3.09. The van der Waals surface area contributed by atoms with Crippen LogP contribution < -0.4 is 0 Å². The standard InChI is InChI=1S/C9H19O2P/c1-8(12(2,10)11)9-6-4-3-5-7-9/h8-9H,3-7H2,1-2H3,(H,10,11). The van der Waals surface area contributed by atoms with Crippen molar-refractivity contribution in [3.63, 3.8) is 0 Å². The van der Waals surface area contributed by atoms with E-state index in [2.05, 4.69) is 0 Å². The van der Waals surface area contributed by atoms with E-state index in [-0.39, 0.29) is 5.66 Å². The molecule has 0 aromatic rings. The average Bonchev–Trinajstić information content (AvgIpc) is 2.03. The Kier molecular flexibility index (Phi) is 3.37. The average molecular weight is 190 g/mol. The lowest BCUT2D eigenvalue weighted by Crippen LogP contribution is -2.19. The Bertz CT molecular complexity index is 179. The zero-order valence-electron chi connectivity index (χ0n) is 7.99. The van der Waals surface area contributed by atoms with Crippen LogP contribution in [0.2, 0.25) is 0 Å². The van der Waals surface area contributed by atoms with Gasteiger partial charge in [-0.25, -0.2) is 0 Å². The molecule has 0 aromatic heterocycles. The fourth-order valence-electron chi connectivity index (χ4n) is 2.01. The van der Waals surface area contributed by atoms with E-state index in [0.29, 0.717) is 5.92 Å². The predicted octanol–water partition coefficient (Wildman–Crippen LogP) is 2.86. The molecular weight excluding hydrogens is 171 g/mol. The first-order chi connectivity index (χ1) is 5.52. The first kappa shape index (κ1) is 10.3. The second-order valence-corrected chi connectivity index (χ2v) is 6.78. The molecule has 0 radical (unpaired) electrons. The molecule has 1 fully saturated rings. The van der Waals surface area contributed by atoms with Crippen LogP contribution in [0.3, 0.4) is 0 Å². The van der Waals surface area contributed by atoms with Gasteiger partial charge < -0.3 is 4.89 Å². The van der Waals surface area contributed by atoms with E-state index in [4.69, 9.17) is 0 Å². The quantitative estimate of drug-likeness (QED) is 0.680. The molecule has 0 saturated heterocycles. The summed E-state index contributed by atoms with van der Waals surface area (Å²) >= 11 is 0. The van der Waals surface area contributed by atoms with Gasteiger partial charge in [0.1, 0.15) is 0 Å². The molecule has 0 aromatic carbocycles. The molecule has 0 bridgehead atoms. The molecule has 2 nitrogen and oxygen atoms in total. The highest BCUT2D eigenvalue weighted by Gasteiger charge is 2.29. The third-order valence-electron chi connectivity index (χ3n) is 3.09. The van der Waals surface area contributed by atoms with Crippen molar-refractivity contribution < 1.29 is 9.46 Å². The lowest BCUT2D eigenvalue weighted by Gasteiger charge is -2.28. The van der Waals surface area contributed by atoms with Gasteiger partial charge in [-0.1, -0.05) is 26.2 Å². The van der Waals surface area contributed by atoms with Gasteiger partial charge in [0.15, 0.2) is 0 Å². The minimum atomic E-state index is -2.83. The van der Waals surface area contributed by atoms with Gasteiger partial charge in [0.05, 0.1) is 0 Å². The predicted molar refractivity (Wildman–Crippen MR) is 51.8 cm³/mol. The summed E-state index contributed by atoms with van der Waals surface area (Å²) in [5, 5.41) is 0. The van der Waals surface area contributed by atoms with Crippen LogP contribution in [0.1, 0.15) is 39.0 Å². The Morgan fingerprint density at radius 1 is 1.33 bits per heavy atom. The molecule has 0 heterocycles. The third-order valence-corrected chi connectivity index (χ3v) is 5.02. The molecule has 1 saturated carbocycles. The topological polar surface area (TPSA) is 37.3 Å². The molecule has 0 aliphatic heterocycles. The third kappa shape index (κ3) is 2.60. The molecule has 3 heteroatoms. The van der Waals surface area contributed by atoms with Crippen molar-refractivity contribution in [2.75, 3.05) is 6.66 Å². The number of hydrogen-bond acceptors (Lipinski definition) is 1. The molecule has 1 aliphatic carbocycles. The molecule has 1 rings (SSSR count). The van der Waals surface area contributed by atoms with Crippen LogP contribution in [0.15, 0.2) is 0 Å². The van der Waals surface area contributed by atoms with E-state index >= 15 is 0 Å². The molecule has 1 N–H and O–H groups in total. The summed E-state index contributed by atoms with van der Waals surface area (Å²) in [7, 11) is -2.83. The summed E-state index contributed by atoms with van der Waals surface area (Å²) < 4.78 is 11.4. The minimum absolute atomic E-state index is 0.0119. The van der Waals surface area contributed by atoms with Crippen molar-refractivity contribution in [2.45, 2.75) is 44.7 Å². The maximum Gasteiger partial charge on any atom is 0.200 e. The number of hydrogen-bond donors (Lipinski definition) is 1. The van der Waals surface area contributed by atoms with Gasteiger partial charge in [0, 0.05) is 12.3 Å². The van der Waals surface area contributed by atoms with Crippen LogP contribution in [0.4, 0.5) is 0 Å². The second-order valence-electron chi connectivity index (χ2n) is 4.08. The molecule has 2 atom stereocenters. The summed E-state index contributed by atoms with van der Waals surface area (Å²) in [5.41, 5.74) is 0.0119. The Morgan fingerprint density at radius 3 is 2.25 bits per heavy atom. The van der Waals surface area contributed by atoms with Gasteiger partial charge in [-0.3, -0.25) is 4.57 Å². The van der Waals surface area contributed by atoms with Gasteiger partial charge in [-0.2, -0.15) is 0 Å². The molecule has 12 heavy (non-hydrogen) atoms. The van der Waals surface area contributed by atoms with E-state index in [0.717, 1.165) is 12.8 Å². The molecule has 1 aliphatic rings. The normalized spacial score (nSPS) is 27.9. The highest BCUT2D eigenvalue weighted by molar-refractivity contribution is 7.57. The smallest absolute Gasteiger partial charge is 0.200 e. The zero-order chi connectivity index (χ0) is 9.19. The fraction of sp³-hybridized carbons (Fsp3) is 1.00. The zero-order valence-corrected chi connectivity index (χ0v) is 8.89. The Balaban J connectivity index is 2.51. The summed E-state index contributed by atoms with van der Waals surface area (Å²) in [6.45, 7) is 3.42. The maximum atomic E-state index is 11.4. The lowest BCUT2D eigenvalue weighted by molar-refractivity contribution is 0.335. The van der Waals surface area contributed by atoms with Crippen LogP contribution in [0.25, 0.3) is 0 Å². The summed E-state index contributed by atoms with van der Waals surface area (Å²) in [6, 6.07) is 0. The summed E-state index contributed by atoms with van der Waals surface area (Å²) in [6.07, 6.45) is 6.10. The van der Waals surface area contributed by atoms with E-state index in [1.807, 2.05) is 6.92 Å². The monoisotopic (exact) mass is 190 g/mol. The minimum Gasteiger partial charge on any atom is -0.344 e. The van der Waals surface area contributed by atoms with Crippen molar-refractivity contribution in [2.24, 2.45) is 5.92 Å². The van der Waals surface area contributed by atoms with E-state index < -0.39 is 7.37 Å². The van der Waals surface area contributed by atoms with Crippen molar-refractivity contribution in [3.05, 3.63) is 0 Å². The highest BCUT2D eigenvalue weighted by atomic mass is 31.2. The number of rotatable bonds is 2. The van der Waals surface area contributed by atoms with E-state index in [1.165, 1.54) is 25.9 Å². The second kappa shape index (κ2) is 3.93. The largest absolute Gasteiger partial charge is 0.344 e. The van der Waals surface area contributed by atoms with Gasteiger partial charge in [-0.05, 0) is 18.8 Å². The highest BCUT2D eigenvalue weighted by Crippen LogP contribution is 2.48. The molecule has 72 valence electrons. The van der Waals surface area contributed by atoms with Crippen molar-refractivity contribution in [1.29, 1.82) is 0 Å².